The number of halogens is 2. The molecule has 0 saturated carbocycles. The maximum Gasteiger partial charge on any atom is 0.252 e. The normalized spacial score (nSPS) is 19.3. The first-order valence-electron chi connectivity index (χ1n) is 8.66. The molecule has 2 unspecified atom stereocenters. The molecule has 1 aromatic carbocycles. The minimum Gasteiger partial charge on any atom is -0.371 e. The van der Waals surface area contributed by atoms with E-state index in [0.29, 0.717) is 36.5 Å². The maximum atomic E-state index is 13.5. The van der Waals surface area contributed by atoms with Crippen LogP contribution >= 0.6 is 0 Å². The molecule has 0 aliphatic carbocycles. The third-order valence-corrected chi connectivity index (χ3v) is 4.26. The predicted octanol–water partition coefficient (Wildman–Crippen LogP) is 3.44. The first kappa shape index (κ1) is 18.3. The van der Waals surface area contributed by atoms with Crippen LogP contribution in [0.5, 0.6) is 0 Å². The number of carbonyl (C=O) groups is 1. The zero-order valence-electron chi connectivity index (χ0n) is 14.5. The first-order valence-corrected chi connectivity index (χ1v) is 8.66. The maximum absolute atomic E-state index is 13.5. The average Bonchev–Trinajstić information content (AvgIpc) is 3.10. The largest absolute Gasteiger partial charge is 0.371 e. The van der Waals surface area contributed by atoms with Crippen LogP contribution in [0.2, 0.25) is 0 Å². The Morgan fingerprint density at radius 3 is 2.81 bits per heavy atom. The SMILES string of the molecule is CCCNC(=O)c1ccc(NC2CCOC2c2ccc(F)c(F)c2)nc1. The van der Waals surface area contributed by atoms with Gasteiger partial charge in [-0.3, -0.25) is 4.79 Å². The van der Waals surface area contributed by atoms with E-state index in [1.54, 1.807) is 12.1 Å². The zero-order chi connectivity index (χ0) is 18.5. The number of carbonyl (C=O) groups excluding carboxylic acids is 1. The molecule has 2 aromatic rings. The van der Waals surface area contributed by atoms with Crippen LogP contribution in [0.4, 0.5) is 14.6 Å². The third-order valence-electron chi connectivity index (χ3n) is 4.26. The Labute approximate surface area is 150 Å². The fourth-order valence-corrected chi connectivity index (χ4v) is 2.90. The molecule has 1 aliphatic heterocycles. The minimum atomic E-state index is -0.891. The van der Waals surface area contributed by atoms with Crippen LogP contribution in [0.1, 0.15) is 41.8 Å². The standard InChI is InChI=1S/C19H21F2N3O2/c1-2-8-22-19(25)13-4-6-17(23-11-13)24-16-7-9-26-18(16)12-3-5-14(20)15(21)10-12/h3-6,10-11,16,18H,2,7-9H2,1H3,(H,22,25)(H,23,24). The molecule has 7 heteroatoms. The van der Waals surface area contributed by atoms with Crippen molar-refractivity contribution in [2.45, 2.75) is 31.9 Å². The lowest BCUT2D eigenvalue weighted by molar-refractivity contribution is 0.0953. The highest BCUT2D eigenvalue weighted by Crippen LogP contribution is 2.31. The van der Waals surface area contributed by atoms with Crippen LogP contribution in [-0.2, 0) is 4.74 Å². The van der Waals surface area contributed by atoms with Gasteiger partial charge in [-0.2, -0.15) is 0 Å². The smallest absolute Gasteiger partial charge is 0.252 e. The monoisotopic (exact) mass is 361 g/mol. The van der Waals surface area contributed by atoms with Gasteiger partial charge in [-0.25, -0.2) is 13.8 Å². The van der Waals surface area contributed by atoms with Crippen molar-refractivity contribution >= 4 is 11.7 Å². The second-order valence-electron chi connectivity index (χ2n) is 6.19. The number of rotatable bonds is 6. The van der Waals surface area contributed by atoms with Crippen LogP contribution in [-0.4, -0.2) is 30.1 Å². The van der Waals surface area contributed by atoms with Crippen molar-refractivity contribution in [3.63, 3.8) is 0 Å². The second-order valence-corrected chi connectivity index (χ2v) is 6.19. The van der Waals surface area contributed by atoms with Crippen molar-refractivity contribution in [3.8, 4) is 0 Å². The van der Waals surface area contributed by atoms with Crippen LogP contribution in [0.25, 0.3) is 0 Å². The lowest BCUT2D eigenvalue weighted by Gasteiger charge is -2.21. The van der Waals surface area contributed by atoms with Crippen LogP contribution in [0.15, 0.2) is 36.5 Å². The number of amides is 1. The van der Waals surface area contributed by atoms with Gasteiger partial charge in [-0.1, -0.05) is 13.0 Å². The third kappa shape index (κ3) is 4.16. The molecule has 1 amide bonds. The van der Waals surface area contributed by atoms with Gasteiger partial charge in [-0.15, -0.1) is 0 Å². The van der Waals surface area contributed by atoms with Gasteiger partial charge in [0, 0.05) is 19.3 Å². The Kier molecular flexibility index (Phi) is 5.78. The fourth-order valence-electron chi connectivity index (χ4n) is 2.90. The predicted molar refractivity (Wildman–Crippen MR) is 93.9 cm³/mol. The van der Waals surface area contributed by atoms with Gasteiger partial charge < -0.3 is 15.4 Å². The number of hydrogen-bond donors (Lipinski definition) is 2. The molecule has 1 aliphatic rings. The van der Waals surface area contributed by atoms with Gasteiger partial charge in [0.1, 0.15) is 11.9 Å². The summed E-state index contributed by atoms with van der Waals surface area (Å²) in [5.41, 5.74) is 1.07. The quantitative estimate of drug-likeness (QED) is 0.827. The summed E-state index contributed by atoms with van der Waals surface area (Å²) in [5, 5.41) is 6.04. The van der Waals surface area contributed by atoms with Gasteiger partial charge in [0.25, 0.3) is 5.91 Å². The Bertz CT molecular complexity index is 768. The minimum absolute atomic E-state index is 0.118. The van der Waals surface area contributed by atoms with E-state index < -0.39 is 11.6 Å². The second kappa shape index (κ2) is 8.23. The molecule has 0 radical (unpaired) electrons. The van der Waals surface area contributed by atoms with E-state index in [1.165, 1.54) is 12.3 Å². The number of nitrogens with one attached hydrogen (secondary N) is 2. The summed E-state index contributed by atoms with van der Waals surface area (Å²) >= 11 is 0. The molecule has 26 heavy (non-hydrogen) atoms. The highest BCUT2D eigenvalue weighted by Gasteiger charge is 2.30. The van der Waals surface area contributed by atoms with Crippen LogP contribution in [0.3, 0.4) is 0 Å². The molecular weight excluding hydrogens is 340 g/mol. The Morgan fingerprint density at radius 2 is 2.12 bits per heavy atom. The van der Waals surface area contributed by atoms with E-state index in [-0.39, 0.29) is 18.1 Å². The Hall–Kier alpha value is -2.54. The number of hydrogen-bond acceptors (Lipinski definition) is 4. The summed E-state index contributed by atoms with van der Waals surface area (Å²) in [6.07, 6.45) is 2.70. The molecule has 2 N–H and O–H groups in total. The van der Waals surface area contributed by atoms with Gasteiger partial charge in [0.2, 0.25) is 0 Å². The summed E-state index contributed by atoms with van der Waals surface area (Å²) in [6.45, 7) is 3.12. The molecule has 0 bridgehead atoms. The summed E-state index contributed by atoms with van der Waals surface area (Å²) in [5.74, 6) is -1.33. The Morgan fingerprint density at radius 1 is 1.27 bits per heavy atom. The van der Waals surface area contributed by atoms with E-state index >= 15 is 0 Å². The molecule has 2 heterocycles. The number of nitrogens with zero attached hydrogens (tertiary/aromatic N) is 1. The van der Waals surface area contributed by atoms with Gasteiger partial charge in [0.15, 0.2) is 11.6 Å². The number of ether oxygens (including phenoxy) is 1. The van der Waals surface area contributed by atoms with E-state index in [0.717, 1.165) is 18.6 Å². The lowest BCUT2D eigenvalue weighted by Crippen LogP contribution is -2.25. The molecule has 5 nitrogen and oxygen atoms in total. The van der Waals surface area contributed by atoms with Crippen molar-refractivity contribution in [2.24, 2.45) is 0 Å². The average molecular weight is 361 g/mol. The number of aromatic nitrogens is 1. The molecule has 1 saturated heterocycles. The molecular formula is C19H21F2N3O2. The van der Waals surface area contributed by atoms with Crippen LogP contribution < -0.4 is 10.6 Å². The molecule has 1 fully saturated rings. The fraction of sp³-hybridized carbons (Fsp3) is 0.368. The van der Waals surface area contributed by atoms with Gasteiger partial charge >= 0.3 is 0 Å². The van der Waals surface area contributed by atoms with Crippen molar-refractivity contribution in [1.82, 2.24) is 10.3 Å². The molecule has 0 spiro atoms. The van der Waals surface area contributed by atoms with Crippen molar-refractivity contribution in [3.05, 3.63) is 59.3 Å². The lowest BCUT2D eigenvalue weighted by atomic mass is 10.0. The highest BCUT2D eigenvalue weighted by atomic mass is 19.2. The molecule has 3 rings (SSSR count). The number of anilines is 1. The van der Waals surface area contributed by atoms with Gasteiger partial charge in [-0.05, 0) is 42.7 Å². The Balaban J connectivity index is 1.67. The first-order chi connectivity index (χ1) is 12.6. The summed E-state index contributed by atoms with van der Waals surface area (Å²) in [7, 11) is 0. The summed E-state index contributed by atoms with van der Waals surface area (Å²) in [6, 6.07) is 7.09. The van der Waals surface area contributed by atoms with E-state index in [9.17, 15) is 13.6 Å². The van der Waals surface area contributed by atoms with E-state index in [1.807, 2.05) is 6.92 Å². The molecule has 138 valence electrons. The van der Waals surface area contributed by atoms with Crippen molar-refractivity contribution in [1.29, 1.82) is 0 Å². The van der Waals surface area contributed by atoms with E-state index in [4.69, 9.17) is 4.74 Å². The zero-order valence-corrected chi connectivity index (χ0v) is 14.5. The van der Waals surface area contributed by atoms with Gasteiger partial charge in [0.05, 0.1) is 11.6 Å². The van der Waals surface area contributed by atoms with Crippen LogP contribution in [0, 0.1) is 11.6 Å². The topological polar surface area (TPSA) is 63.2 Å². The summed E-state index contributed by atoms with van der Waals surface area (Å²) in [4.78, 5) is 16.2. The van der Waals surface area contributed by atoms with Crippen molar-refractivity contribution in [2.75, 3.05) is 18.5 Å². The number of benzene rings is 1. The number of pyridine rings is 1. The summed E-state index contributed by atoms with van der Waals surface area (Å²) < 4.78 is 32.3. The highest BCUT2D eigenvalue weighted by molar-refractivity contribution is 5.94. The molecule has 2 atom stereocenters. The van der Waals surface area contributed by atoms with E-state index in [2.05, 4.69) is 15.6 Å². The molecule has 1 aromatic heterocycles. The van der Waals surface area contributed by atoms with Crippen molar-refractivity contribution < 1.29 is 18.3 Å².